The first-order chi connectivity index (χ1) is 13.6. The second-order valence-electron chi connectivity index (χ2n) is 6.55. The van der Waals surface area contributed by atoms with E-state index >= 15 is 0 Å². The maximum Gasteiger partial charge on any atom is 0.180 e. The van der Waals surface area contributed by atoms with E-state index in [1.165, 1.54) is 0 Å². The van der Waals surface area contributed by atoms with Crippen molar-refractivity contribution in [1.29, 1.82) is 0 Å². The average Bonchev–Trinajstić information content (AvgIpc) is 3.13. The first-order valence-electron chi connectivity index (χ1n) is 8.92. The molecule has 0 unspecified atom stereocenters. The van der Waals surface area contributed by atoms with Gasteiger partial charge in [0.05, 0.1) is 19.0 Å². The second-order valence-corrected chi connectivity index (χ2v) is 6.55. The van der Waals surface area contributed by atoms with E-state index in [0.717, 1.165) is 39.5 Å². The third-order valence-electron chi connectivity index (χ3n) is 4.68. The average molecular weight is 372 g/mol. The van der Waals surface area contributed by atoms with Crippen LogP contribution in [-0.2, 0) is 0 Å². The highest BCUT2D eigenvalue weighted by Gasteiger charge is 2.12. The molecule has 0 aliphatic carbocycles. The molecule has 0 bridgehead atoms. The van der Waals surface area contributed by atoms with Crippen LogP contribution < -0.4 is 10.1 Å². The van der Waals surface area contributed by atoms with Crippen molar-refractivity contribution in [2.45, 2.75) is 13.8 Å². The Kier molecular flexibility index (Phi) is 4.53. The molecule has 0 aliphatic heterocycles. The molecule has 4 aromatic rings. The third-order valence-corrected chi connectivity index (χ3v) is 4.68. The summed E-state index contributed by atoms with van der Waals surface area (Å²) in [6.07, 6.45) is 5.45. The number of benzene rings is 2. The summed E-state index contributed by atoms with van der Waals surface area (Å²) in [6.45, 7) is 3.50. The molecule has 2 aromatic carbocycles. The van der Waals surface area contributed by atoms with Gasteiger partial charge in [0.1, 0.15) is 5.75 Å². The number of ether oxygens (including phenoxy) is 1. The summed E-state index contributed by atoms with van der Waals surface area (Å²) in [5.41, 5.74) is 5.23. The summed E-state index contributed by atoms with van der Waals surface area (Å²) in [5.74, 6) is 1.52. The maximum absolute atomic E-state index is 11.6. The van der Waals surface area contributed by atoms with E-state index in [1.54, 1.807) is 20.2 Å². The number of carbonyl (C=O) groups is 1. The SMILES string of the molecule is COc1ccc(-c2cnc3c(Nc4ccc(C(C)=O)c(C)c4)nccn23)cc1. The number of rotatable bonds is 5. The van der Waals surface area contributed by atoms with Crippen LogP contribution in [0.2, 0.25) is 0 Å². The summed E-state index contributed by atoms with van der Waals surface area (Å²) in [4.78, 5) is 20.6. The smallest absolute Gasteiger partial charge is 0.180 e. The summed E-state index contributed by atoms with van der Waals surface area (Å²) >= 11 is 0. The van der Waals surface area contributed by atoms with Crippen molar-refractivity contribution >= 4 is 22.9 Å². The molecule has 4 rings (SSSR count). The zero-order valence-corrected chi connectivity index (χ0v) is 15.9. The number of aromatic nitrogens is 3. The molecule has 140 valence electrons. The number of nitrogens with one attached hydrogen (secondary N) is 1. The monoisotopic (exact) mass is 372 g/mol. The van der Waals surface area contributed by atoms with Crippen LogP contribution in [0.1, 0.15) is 22.8 Å². The number of hydrogen-bond acceptors (Lipinski definition) is 5. The molecule has 0 saturated heterocycles. The molecular weight excluding hydrogens is 352 g/mol. The fourth-order valence-electron chi connectivity index (χ4n) is 3.26. The predicted molar refractivity (Wildman–Crippen MR) is 109 cm³/mol. The molecule has 0 saturated carbocycles. The van der Waals surface area contributed by atoms with Gasteiger partial charge in [0.15, 0.2) is 17.2 Å². The van der Waals surface area contributed by atoms with Gasteiger partial charge in [-0.2, -0.15) is 0 Å². The molecular formula is C22H20N4O2. The molecule has 0 aliphatic rings. The highest BCUT2D eigenvalue weighted by Crippen LogP contribution is 2.27. The lowest BCUT2D eigenvalue weighted by molar-refractivity contribution is 0.101. The number of nitrogens with zero attached hydrogens (tertiary/aromatic N) is 3. The Balaban J connectivity index is 1.70. The van der Waals surface area contributed by atoms with Crippen LogP contribution in [0.25, 0.3) is 16.9 Å². The summed E-state index contributed by atoms with van der Waals surface area (Å²) < 4.78 is 7.22. The van der Waals surface area contributed by atoms with E-state index in [1.807, 2.05) is 66.2 Å². The predicted octanol–water partition coefficient (Wildman–Crippen LogP) is 4.66. The number of anilines is 2. The zero-order chi connectivity index (χ0) is 19.7. The molecule has 0 amide bonds. The molecule has 28 heavy (non-hydrogen) atoms. The lowest BCUT2D eigenvalue weighted by atomic mass is 10.1. The Bertz CT molecular complexity index is 1160. The molecule has 0 fully saturated rings. The van der Waals surface area contributed by atoms with Crippen molar-refractivity contribution in [2.75, 3.05) is 12.4 Å². The van der Waals surface area contributed by atoms with Crippen LogP contribution in [0.3, 0.4) is 0 Å². The Morgan fingerprint density at radius 1 is 1.11 bits per heavy atom. The van der Waals surface area contributed by atoms with Gasteiger partial charge in [-0.05, 0) is 61.9 Å². The van der Waals surface area contributed by atoms with Crippen molar-refractivity contribution in [3.63, 3.8) is 0 Å². The number of fused-ring (bicyclic) bond motifs is 1. The Labute approximate surface area is 162 Å². The van der Waals surface area contributed by atoms with Gasteiger partial charge in [0, 0.05) is 29.2 Å². The van der Waals surface area contributed by atoms with Gasteiger partial charge in [-0.3, -0.25) is 9.20 Å². The minimum atomic E-state index is 0.0571. The number of carbonyl (C=O) groups excluding carboxylic acids is 1. The van der Waals surface area contributed by atoms with Crippen LogP contribution in [0.4, 0.5) is 11.5 Å². The topological polar surface area (TPSA) is 68.5 Å². The molecule has 0 radical (unpaired) electrons. The molecule has 2 aromatic heterocycles. The zero-order valence-electron chi connectivity index (χ0n) is 15.9. The van der Waals surface area contributed by atoms with E-state index in [0.29, 0.717) is 5.82 Å². The van der Waals surface area contributed by atoms with E-state index in [9.17, 15) is 4.79 Å². The van der Waals surface area contributed by atoms with Crippen LogP contribution in [0, 0.1) is 6.92 Å². The van der Waals surface area contributed by atoms with Gasteiger partial charge >= 0.3 is 0 Å². The van der Waals surface area contributed by atoms with Gasteiger partial charge in [0.2, 0.25) is 0 Å². The van der Waals surface area contributed by atoms with Crippen molar-refractivity contribution in [1.82, 2.24) is 14.4 Å². The second kappa shape index (κ2) is 7.15. The fourth-order valence-corrected chi connectivity index (χ4v) is 3.26. The fraction of sp³-hybridized carbons (Fsp3) is 0.136. The summed E-state index contributed by atoms with van der Waals surface area (Å²) in [5, 5.41) is 3.31. The number of hydrogen-bond donors (Lipinski definition) is 1. The van der Waals surface area contributed by atoms with Crippen molar-refractivity contribution in [3.8, 4) is 17.0 Å². The molecule has 1 N–H and O–H groups in total. The Morgan fingerprint density at radius 2 is 1.89 bits per heavy atom. The minimum Gasteiger partial charge on any atom is -0.497 e. The van der Waals surface area contributed by atoms with Gasteiger partial charge in [-0.1, -0.05) is 0 Å². The molecule has 2 heterocycles. The van der Waals surface area contributed by atoms with Gasteiger partial charge in [-0.15, -0.1) is 0 Å². The lowest BCUT2D eigenvalue weighted by Crippen LogP contribution is -2.01. The first-order valence-corrected chi connectivity index (χ1v) is 8.92. The molecule has 0 atom stereocenters. The quantitative estimate of drug-likeness (QED) is 0.516. The largest absolute Gasteiger partial charge is 0.497 e. The normalized spacial score (nSPS) is 10.8. The minimum absolute atomic E-state index is 0.0571. The van der Waals surface area contributed by atoms with Crippen LogP contribution in [0.5, 0.6) is 5.75 Å². The Hall–Kier alpha value is -3.67. The molecule has 6 nitrogen and oxygen atoms in total. The molecule has 6 heteroatoms. The van der Waals surface area contributed by atoms with E-state index < -0.39 is 0 Å². The number of Topliss-reactive ketones (excluding diaryl/α,β-unsaturated/α-hetero) is 1. The molecule has 0 spiro atoms. The standard InChI is InChI=1S/C22H20N4O2/c1-14-12-17(6-9-19(14)15(2)27)25-21-22-24-13-20(26(22)11-10-23-21)16-4-7-18(28-3)8-5-16/h4-13H,1-3H3,(H,23,25). The van der Waals surface area contributed by atoms with Crippen molar-refractivity contribution in [3.05, 3.63) is 72.2 Å². The number of aryl methyl sites for hydroxylation is 1. The van der Waals surface area contributed by atoms with E-state index in [2.05, 4.69) is 15.3 Å². The lowest BCUT2D eigenvalue weighted by Gasteiger charge is -2.10. The maximum atomic E-state index is 11.6. The summed E-state index contributed by atoms with van der Waals surface area (Å²) in [6, 6.07) is 13.5. The Morgan fingerprint density at radius 3 is 2.57 bits per heavy atom. The van der Waals surface area contributed by atoms with Crippen LogP contribution in [-0.4, -0.2) is 27.3 Å². The number of methoxy groups -OCH3 is 1. The van der Waals surface area contributed by atoms with Gasteiger partial charge in [0.25, 0.3) is 0 Å². The van der Waals surface area contributed by atoms with Crippen molar-refractivity contribution < 1.29 is 9.53 Å². The van der Waals surface area contributed by atoms with E-state index in [4.69, 9.17) is 4.74 Å². The van der Waals surface area contributed by atoms with Gasteiger partial charge in [-0.25, -0.2) is 9.97 Å². The number of imidazole rings is 1. The van der Waals surface area contributed by atoms with Crippen molar-refractivity contribution in [2.24, 2.45) is 0 Å². The van der Waals surface area contributed by atoms with Crippen LogP contribution >= 0.6 is 0 Å². The van der Waals surface area contributed by atoms with E-state index in [-0.39, 0.29) is 5.78 Å². The third kappa shape index (κ3) is 3.20. The van der Waals surface area contributed by atoms with Crippen LogP contribution in [0.15, 0.2) is 61.1 Å². The highest BCUT2D eigenvalue weighted by molar-refractivity contribution is 5.96. The highest BCUT2D eigenvalue weighted by atomic mass is 16.5. The number of ketones is 1. The first kappa shape index (κ1) is 17.7. The summed E-state index contributed by atoms with van der Waals surface area (Å²) in [7, 11) is 1.65. The van der Waals surface area contributed by atoms with Gasteiger partial charge < -0.3 is 10.1 Å².